The summed E-state index contributed by atoms with van der Waals surface area (Å²) in [4.78, 5) is 0.137. The summed E-state index contributed by atoms with van der Waals surface area (Å²) in [5, 5.41) is 6.66. The zero-order chi connectivity index (χ0) is 17.9. The molecule has 0 amide bonds. The molecule has 132 valence electrons. The molecule has 1 aliphatic rings. The monoisotopic (exact) mass is 377 g/mol. The normalized spacial score (nSPS) is 13.8. The Balaban J connectivity index is 1.77. The van der Waals surface area contributed by atoms with Crippen LogP contribution in [0.5, 0.6) is 5.75 Å². The topological polar surface area (TPSA) is 79.5 Å². The Morgan fingerprint density at radius 3 is 2.64 bits per heavy atom. The van der Waals surface area contributed by atoms with Crippen LogP contribution in [-0.4, -0.2) is 26.7 Å². The van der Waals surface area contributed by atoms with Crippen molar-refractivity contribution < 1.29 is 13.2 Å². The summed E-state index contributed by atoms with van der Waals surface area (Å²) in [6.07, 6.45) is 2.22. The highest BCUT2D eigenvalue weighted by atomic mass is 32.2. The minimum Gasteiger partial charge on any atom is -0.495 e. The smallest absolute Gasteiger partial charge is 0.262 e. The van der Waals surface area contributed by atoms with Crippen LogP contribution in [0, 0.1) is 0 Å². The van der Waals surface area contributed by atoms with E-state index in [9.17, 15) is 8.42 Å². The molecular formula is C17H19N3O3S2. The van der Waals surface area contributed by atoms with E-state index < -0.39 is 10.0 Å². The lowest BCUT2D eigenvalue weighted by Gasteiger charge is -2.13. The van der Waals surface area contributed by atoms with E-state index in [2.05, 4.69) is 15.4 Å². The highest BCUT2D eigenvalue weighted by molar-refractivity contribution is 7.92. The molecule has 0 saturated heterocycles. The van der Waals surface area contributed by atoms with E-state index in [0.29, 0.717) is 28.3 Å². The molecule has 2 aromatic rings. The van der Waals surface area contributed by atoms with Crippen molar-refractivity contribution in [2.24, 2.45) is 0 Å². The summed E-state index contributed by atoms with van der Waals surface area (Å²) in [5.41, 5.74) is 0.996. The van der Waals surface area contributed by atoms with E-state index >= 15 is 0 Å². The molecule has 0 unspecified atom stereocenters. The van der Waals surface area contributed by atoms with Gasteiger partial charge in [-0.2, -0.15) is 0 Å². The van der Waals surface area contributed by atoms with E-state index in [1.807, 2.05) is 0 Å². The maximum absolute atomic E-state index is 12.7. The number of hydrogen-bond donors (Lipinski definition) is 3. The van der Waals surface area contributed by atoms with Crippen LogP contribution in [0.3, 0.4) is 0 Å². The predicted octanol–water partition coefficient (Wildman–Crippen LogP) is 2.94. The van der Waals surface area contributed by atoms with Crippen molar-refractivity contribution in [1.29, 1.82) is 0 Å². The number of nitrogens with one attached hydrogen (secondary N) is 3. The molecule has 6 nitrogen and oxygen atoms in total. The van der Waals surface area contributed by atoms with Crippen molar-refractivity contribution in [1.82, 2.24) is 5.32 Å². The molecule has 25 heavy (non-hydrogen) atoms. The number of methoxy groups -OCH3 is 1. The van der Waals surface area contributed by atoms with Crippen molar-refractivity contribution in [3.8, 4) is 5.75 Å². The van der Waals surface area contributed by atoms with Gasteiger partial charge in [0.05, 0.1) is 17.7 Å². The summed E-state index contributed by atoms with van der Waals surface area (Å²) < 4.78 is 33.0. The van der Waals surface area contributed by atoms with Gasteiger partial charge in [0.25, 0.3) is 10.0 Å². The van der Waals surface area contributed by atoms with Crippen LogP contribution in [0.4, 0.5) is 11.4 Å². The first-order valence-corrected chi connectivity index (χ1v) is 9.70. The first-order chi connectivity index (χ1) is 12.0. The molecule has 1 saturated carbocycles. The summed E-state index contributed by atoms with van der Waals surface area (Å²) in [5.74, 6) is 0.454. The average molecular weight is 377 g/mol. The Kier molecular flexibility index (Phi) is 5.10. The fourth-order valence-corrected chi connectivity index (χ4v) is 3.65. The van der Waals surface area contributed by atoms with Gasteiger partial charge in [0.15, 0.2) is 5.11 Å². The third-order valence-corrected chi connectivity index (χ3v) is 5.25. The molecule has 1 fully saturated rings. The maximum Gasteiger partial charge on any atom is 0.262 e. The van der Waals surface area contributed by atoms with E-state index in [1.54, 1.807) is 42.5 Å². The Morgan fingerprint density at radius 2 is 1.92 bits per heavy atom. The number of benzene rings is 2. The SMILES string of the molecule is COc1ccccc1NS(=O)(=O)c1cccc(NC(=S)NC2CC2)c1. The van der Waals surface area contributed by atoms with E-state index in [4.69, 9.17) is 17.0 Å². The molecule has 0 radical (unpaired) electrons. The lowest BCUT2D eigenvalue weighted by molar-refractivity contribution is 0.417. The molecule has 0 aromatic heterocycles. The number of hydrogen-bond acceptors (Lipinski definition) is 4. The lowest BCUT2D eigenvalue weighted by Crippen LogP contribution is -2.30. The van der Waals surface area contributed by atoms with Gasteiger partial charge in [-0.15, -0.1) is 0 Å². The molecule has 3 rings (SSSR count). The summed E-state index contributed by atoms with van der Waals surface area (Å²) >= 11 is 5.22. The second kappa shape index (κ2) is 7.28. The molecular weight excluding hydrogens is 358 g/mol. The average Bonchev–Trinajstić information content (AvgIpc) is 3.39. The van der Waals surface area contributed by atoms with Crippen molar-refractivity contribution in [3.05, 3.63) is 48.5 Å². The number of ether oxygens (including phenoxy) is 1. The Labute approximate surface area is 152 Å². The number of thiocarbonyl (C=S) groups is 1. The number of anilines is 2. The van der Waals surface area contributed by atoms with Crippen molar-refractivity contribution >= 4 is 38.7 Å². The number of sulfonamides is 1. The Hall–Kier alpha value is -2.32. The van der Waals surface area contributed by atoms with Crippen LogP contribution in [-0.2, 0) is 10.0 Å². The van der Waals surface area contributed by atoms with Gasteiger partial charge in [0.1, 0.15) is 5.75 Å². The van der Waals surface area contributed by atoms with Gasteiger partial charge in [-0.25, -0.2) is 8.42 Å². The fourth-order valence-electron chi connectivity index (χ4n) is 2.25. The highest BCUT2D eigenvalue weighted by Crippen LogP contribution is 2.27. The second-order valence-electron chi connectivity index (χ2n) is 5.71. The molecule has 3 N–H and O–H groups in total. The molecule has 0 bridgehead atoms. The quantitative estimate of drug-likeness (QED) is 0.672. The van der Waals surface area contributed by atoms with Gasteiger partial charge in [-0.1, -0.05) is 18.2 Å². The van der Waals surface area contributed by atoms with Gasteiger partial charge >= 0.3 is 0 Å². The summed E-state index contributed by atoms with van der Waals surface area (Å²) in [7, 11) is -2.26. The first-order valence-electron chi connectivity index (χ1n) is 7.81. The van der Waals surface area contributed by atoms with Gasteiger partial charge in [0, 0.05) is 11.7 Å². The Morgan fingerprint density at radius 1 is 1.16 bits per heavy atom. The zero-order valence-corrected chi connectivity index (χ0v) is 15.3. The summed E-state index contributed by atoms with van der Waals surface area (Å²) in [6, 6.07) is 13.8. The standard InChI is InChI=1S/C17H19N3O3S2/c1-23-16-8-3-2-7-15(16)20-25(21,22)14-6-4-5-13(11-14)19-17(24)18-12-9-10-12/h2-8,11-12,20H,9-10H2,1H3,(H2,18,19,24). The third-order valence-electron chi connectivity index (χ3n) is 3.67. The number of para-hydroxylation sites is 2. The maximum atomic E-state index is 12.7. The van der Waals surface area contributed by atoms with Gasteiger partial charge in [-0.05, 0) is 55.4 Å². The van der Waals surface area contributed by atoms with Gasteiger partial charge in [-0.3, -0.25) is 4.72 Å². The summed E-state index contributed by atoms with van der Waals surface area (Å²) in [6.45, 7) is 0. The van der Waals surface area contributed by atoms with Crippen molar-refractivity contribution in [2.75, 3.05) is 17.1 Å². The minimum atomic E-state index is -3.75. The van der Waals surface area contributed by atoms with Crippen LogP contribution in [0.1, 0.15) is 12.8 Å². The van der Waals surface area contributed by atoms with Gasteiger partial charge in [0.2, 0.25) is 0 Å². The van der Waals surface area contributed by atoms with Crippen molar-refractivity contribution in [3.63, 3.8) is 0 Å². The van der Waals surface area contributed by atoms with E-state index in [-0.39, 0.29) is 4.90 Å². The molecule has 8 heteroatoms. The molecule has 0 atom stereocenters. The van der Waals surface area contributed by atoms with Crippen LogP contribution in [0.25, 0.3) is 0 Å². The first kappa shape index (κ1) is 17.5. The second-order valence-corrected chi connectivity index (χ2v) is 7.80. The molecule has 0 heterocycles. The van der Waals surface area contributed by atoms with Crippen LogP contribution in [0.2, 0.25) is 0 Å². The van der Waals surface area contributed by atoms with Crippen LogP contribution < -0.4 is 20.1 Å². The molecule has 0 spiro atoms. The van der Waals surface area contributed by atoms with Crippen LogP contribution in [0.15, 0.2) is 53.4 Å². The Bertz CT molecular complexity index is 880. The third kappa shape index (κ3) is 4.61. The molecule has 2 aromatic carbocycles. The number of rotatable bonds is 6. The van der Waals surface area contributed by atoms with E-state index in [0.717, 1.165) is 12.8 Å². The zero-order valence-electron chi connectivity index (χ0n) is 13.7. The molecule has 0 aliphatic heterocycles. The fraction of sp³-hybridized carbons (Fsp3) is 0.235. The lowest BCUT2D eigenvalue weighted by atomic mass is 10.3. The predicted molar refractivity (Wildman–Crippen MR) is 103 cm³/mol. The van der Waals surface area contributed by atoms with Gasteiger partial charge < -0.3 is 15.4 Å². The minimum absolute atomic E-state index is 0.137. The molecule has 1 aliphatic carbocycles. The highest BCUT2D eigenvalue weighted by Gasteiger charge is 2.22. The van der Waals surface area contributed by atoms with Crippen LogP contribution >= 0.6 is 12.2 Å². The largest absolute Gasteiger partial charge is 0.495 e. The van der Waals surface area contributed by atoms with Crippen molar-refractivity contribution in [2.45, 2.75) is 23.8 Å². The van der Waals surface area contributed by atoms with E-state index in [1.165, 1.54) is 13.2 Å².